The van der Waals surface area contributed by atoms with Gasteiger partial charge in [-0.25, -0.2) is 8.78 Å². The standard InChI is InChI=1S/C14H20F2N2/c1-9-3-2-4-11(6-5-9)18-13-8-10(15)7-12(16)14(13)17/h7-9,11,18H,2-6,17H2,1H3. The lowest BCUT2D eigenvalue weighted by Crippen LogP contribution is -2.19. The van der Waals surface area contributed by atoms with Crippen molar-refractivity contribution >= 4 is 11.4 Å². The Balaban J connectivity index is 2.09. The molecule has 1 aromatic rings. The summed E-state index contributed by atoms with van der Waals surface area (Å²) in [6.45, 7) is 2.25. The quantitative estimate of drug-likeness (QED) is 0.620. The molecule has 1 aliphatic rings. The molecule has 2 nitrogen and oxygen atoms in total. The summed E-state index contributed by atoms with van der Waals surface area (Å²) in [5, 5.41) is 3.19. The SMILES string of the molecule is CC1CCCC(Nc2cc(F)cc(F)c2N)CC1. The molecule has 0 bridgehead atoms. The molecule has 4 heteroatoms. The highest BCUT2D eigenvalue weighted by molar-refractivity contribution is 5.67. The highest BCUT2D eigenvalue weighted by atomic mass is 19.1. The Morgan fingerprint density at radius 2 is 1.94 bits per heavy atom. The molecule has 0 amide bonds. The molecule has 2 unspecified atom stereocenters. The number of nitrogen functional groups attached to an aromatic ring is 1. The molecular weight excluding hydrogens is 234 g/mol. The molecule has 0 saturated heterocycles. The number of hydrogen-bond donors (Lipinski definition) is 2. The lowest BCUT2D eigenvalue weighted by molar-refractivity contribution is 0.502. The molecule has 0 aromatic heterocycles. The van der Waals surface area contributed by atoms with Gasteiger partial charge in [0.15, 0.2) is 5.82 Å². The van der Waals surface area contributed by atoms with Gasteiger partial charge in [0, 0.05) is 12.1 Å². The topological polar surface area (TPSA) is 38.0 Å². The van der Waals surface area contributed by atoms with E-state index in [0.717, 1.165) is 37.7 Å². The first-order chi connectivity index (χ1) is 8.56. The van der Waals surface area contributed by atoms with E-state index in [1.54, 1.807) is 0 Å². The van der Waals surface area contributed by atoms with Gasteiger partial charge < -0.3 is 11.1 Å². The Labute approximate surface area is 107 Å². The van der Waals surface area contributed by atoms with E-state index in [0.29, 0.717) is 5.69 Å². The second kappa shape index (κ2) is 5.55. The molecule has 0 radical (unpaired) electrons. The average Bonchev–Trinajstić information content (AvgIpc) is 2.51. The van der Waals surface area contributed by atoms with Gasteiger partial charge in [0.2, 0.25) is 0 Å². The molecule has 1 aliphatic carbocycles. The molecular formula is C14H20F2N2. The second-order valence-corrected chi connectivity index (χ2v) is 5.30. The lowest BCUT2D eigenvalue weighted by atomic mass is 10.0. The zero-order valence-corrected chi connectivity index (χ0v) is 10.7. The maximum atomic E-state index is 13.3. The first-order valence-corrected chi connectivity index (χ1v) is 6.57. The summed E-state index contributed by atoms with van der Waals surface area (Å²) in [6, 6.07) is 2.35. The van der Waals surface area contributed by atoms with Gasteiger partial charge >= 0.3 is 0 Å². The van der Waals surface area contributed by atoms with Crippen molar-refractivity contribution in [1.82, 2.24) is 0 Å². The van der Waals surface area contributed by atoms with E-state index in [1.807, 2.05) is 0 Å². The highest BCUT2D eigenvalue weighted by Gasteiger charge is 2.18. The first kappa shape index (κ1) is 13.1. The lowest BCUT2D eigenvalue weighted by Gasteiger charge is -2.19. The Bertz CT molecular complexity index is 421. The molecule has 0 spiro atoms. The van der Waals surface area contributed by atoms with E-state index < -0.39 is 11.6 Å². The fourth-order valence-corrected chi connectivity index (χ4v) is 2.56. The van der Waals surface area contributed by atoms with Crippen molar-refractivity contribution in [2.45, 2.75) is 45.1 Å². The maximum Gasteiger partial charge on any atom is 0.151 e. The summed E-state index contributed by atoms with van der Waals surface area (Å²) in [6.07, 6.45) is 5.58. The van der Waals surface area contributed by atoms with Crippen LogP contribution in [0.3, 0.4) is 0 Å². The van der Waals surface area contributed by atoms with Crippen molar-refractivity contribution in [3.05, 3.63) is 23.8 Å². The van der Waals surface area contributed by atoms with Gasteiger partial charge in [-0.1, -0.05) is 19.8 Å². The largest absolute Gasteiger partial charge is 0.395 e. The number of rotatable bonds is 2. The van der Waals surface area contributed by atoms with Crippen molar-refractivity contribution in [3.63, 3.8) is 0 Å². The fraction of sp³-hybridized carbons (Fsp3) is 0.571. The van der Waals surface area contributed by atoms with Crippen molar-refractivity contribution < 1.29 is 8.78 Å². The third-order valence-electron chi connectivity index (χ3n) is 3.71. The molecule has 1 aromatic carbocycles. The third kappa shape index (κ3) is 3.12. The summed E-state index contributed by atoms with van der Waals surface area (Å²) in [4.78, 5) is 0. The van der Waals surface area contributed by atoms with Crippen LogP contribution < -0.4 is 11.1 Å². The number of anilines is 2. The van der Waals surface area contributed by atoms with E-state index in [1.165, 1.54) is 12.5 Å². The van der Waals surface area contributed by atoms with Gasteiger partial charge in [-0.05, 0) is 31.2 Å². The van der Waals surface area contributed by atoms with E-state index in [-0.39, 0.29) is 11.7 Å². The predicted octanol–water partition coefficient (Wildman–Crippen LogP) is 3.93. The summed E-state index contributed by atoms with van der Waals surface area (Å²) < 4.78 is 26.5. The summed E-state index contributed by atoms with van der Waals surface area (Å²) in [7, 11) is 0. The average molecular weight is 254 g/mol. The number of hydrogen-bond acceptors (Lipinski definition) is 2. The van der Waals surface area contributed by atoms with E-state index in [4.69, 9.17) is 5.73 Å². The van der Waals surface area contributed by atoms with Crippen molar-refractivity contribution in [2.24, 2.45) is 5.92 Å². The Kier molecular flexibility index (Phi) is 4.04. The maximum absolute atomic E-state index is 13.3. The molecule has 100 valence electrons. The number of benzene rings is 1. The van der Waals surface area contributed by atoms with E-state index >= 15 is 0 Å². The van der Waals surface area contributed by atoms with Gasteiger partial charge in [0.05, 0.1) is 11.4 Å². The van der Waals surface area contributed by atoms with Crippen LogP contribution in [-0.2, 0) is 0 Å². The Morgan fingerprint density at radius 3 is 2.72 bits per heavy atom. The fourth-order valence-electron chi connectivity index (χ4n) is 2.56. The molecule has 0 aliphatic heterocycles. The third-order valence-corrected chi connectivity index (χ3v) is 3.71. The van der Waals surface area contributed by atoms with Crippen LogP contribution in [0, 0.1) is 17.6 Å². The normalized spacial score (nSPS) is 24.6. The monoisotopic (exact) mass is 254 g/mol. The van der Waals surface area contributed by atoms with E-state index in [2.05, 4.69) is 12.2 Å². The molecule has 2 rings (SSSR count). The van der Waals surface area contributed by atoms with Crippen LogP contribution in [-0.4, -0.2) is 6.04 Å². The summed E-state index contributed by atoms with van der Waals surface area (Å²) in [5.74, 6) is -0.552. The minimum absolute atomic E-state index is 0.00805. The second-order valence-electron chi connectivity index (χ2n) is 5.30. The zero-order chi connectivity index (χ0) is 13.1. The van der Waals surface area contributed by atoms with Crippen molar-refractivity contribution in [2.75, 3.05) is 11.1 Å². The highest BCUT2D eigenvalue weighted by Crippen LogP contribution is 2.28. The predicted molar refractivity (Wildman–Crippen MR) is 70.4 cm³/mol. The van der Waals surface area contributed by atoms with Crippen LogP contribution in [0.5, 0.6) is 0 Å². The van der Waals surface area contributed by atoms with Crippen LogP contribution in [0.4, 0.5) is 20.2 Å². The molecule has 1 saturated carbocycles. The molecule has 1 fully saturated rings. The Hall–Kier alpha value is -1.32. The zero-order valence-electron chi connectivity index (χ0n) is 10.7. The van der Waals surface area contributed by atoms with Crippen molar-refractivity contribution in [1.29, 1.82) is 0 Å². The summed E-state index contributed by atoms with van der Waals surface area (Å²) >= 11 is 0. The van der Waals surface area contributed by atoms with Crippen LogP contribution in [0.1, 0.15) is 39.0 Å². The van der Waals surface area contributed by atoms with Crippen molar-refractivity contribution in [3.8, 4) is 0 Å². The van der Waals surface area contributed by atoms with Gasteiger partial charge in [-0.3, -0.25) is 0 Å². The number of halogens is 2. The van der Waals surface area contributed by atoms with Gasteiger partial charge in [0.25, 0.3) is 0 Å². The van der Waals surface area contributed by atoms with Gasteiger partial charge in [-0.15, -0.1) is 0 Å². The van der Waals surface area contributed by atoms with Gasteiger partial charge in [0.1, 0.15) is 5.82 Å². The number of nitrogens with two attached hydrogens (primary N) is 1. The van der Waals surface area contributed by atoms with Gasteiger partial charge in [-0.2, -0.15) is 0 Å². The minimum Gasteiger partial charge on any atom is -0.395 e. The molecule has 0 heterocycles. The van der Waals surface area contributed by atoms with Crippen LogP contribution in [0.25, 0.3) is 0 Å². The Morgan fingerprint density at radius 1 is 1.17 bits per heavy atom. The molecule has 18 heavy (non-hydrogen) atoms. The smallest absolute Gasteiger partial charge is 0.151 e. The number of nitrogens with one attached hydrogen (secondary N) is 1. The van der Waals surface area contributed by atoms with Crippen LogP contribution in [0.2, 0.25) is 0 Å². The van der Waals surface area contributed by atoms with Crippen LogP contribution >= 0.6 is 0 Å². The summed E-state index contributed by atoms with van der Waals surface area (Å²) in [5.41, 5.74) is 6.02. The minimum atomic E-state index is -0.695. The van der Waals surface area contributed by atoms with Crippen LogP contribution in [0.15, 0.2) is 12.1 Å². The first-order valence-electron chi connectivity index (χ1n) is 6.57. The van der Waals surface area contributed by atoms with E-state index in [9.17, 15) is 8.78 Å². The molecule has 2 atom stereocenters. The molecule has 3 N–H and O–H groups in total.